The second kappa shape index (κ2) is 5.46. The zero-order chi connectivity index (χ0) is 15.2. The van der Waals surface area contributed by atoms with Gasteiger partial charge < -0.3 is 10.3 Å². The van der Waals surface area contributed by atoms with Crippen LogP contribution >= 0.6 is 0 Å². The van der Waals surface area contributed by atoms with Gasteiger partial charge in [0, 0.05) is 23.5 Å². The fourth-order valence-corrected chi connectivity index (χ4v) is 4.79. The fourth-order valence-electron chi connectivity index (χ4n) is 4.79. The summed E-state index contributed by atoms with van der Waals surface area (Å²) < 4.78 is 2.69. The quantitative estimate of drug-likeness (QED) is 0.731. The number of nitrogens with two attached hydrogens (primary N) is 1. The number of hydrogen-bond acceptors (Lipinski definition) is 1. The summed E-state index contributed by atoms with van der Waals surface area (Å²) in [7, 11) is 0. The van der Waals surface area contributed by atoms with E-state index in [0.717, 1.165) is 12.3 Å². The standard InChI is InChI=1S/C19H32N2/c1-13-8-6-5-7-9-17(13)21-14(2)10-15-16(20)11-19(3,4)12-18(15)21/h10,13,16-17H,5-9,11-12,20H2,1-4H3. The molecule has 0 amide bonds. The highest BCUT2D eigenvalue weighted by Gasteiger charge is 2.35. The maximum atomic E-state index is 6.49. The van der Waals surface area contributed by atoms with Gasteiger partial charge in [0.25, 0.3) is 0 Å². The van der Waals surface area contributed by atoms with Gasteiger partial charge in [-0.2, -0.15) is 0 Å². The summed E-state index contributed by atoms with van der Waals surface area (Å²) in [5.74, 6) is 0.795. The topological polar surface area (TPSA) is 30.9 Å². The zero-order valence-corrected chi connectivity index (χ0v) is 14.3. The normalized spacial score (nSPS) is 32.5. The van der Waals surface area contributed by atoms with Crippen LogP contribution in [0.15, 0.2) is 6.07 Å². The molecule has 1 fully saturated rings. The molecule has 2 N–H and O–H groups in total. The first kappa shape index (κ1) is 15.1. The summed E-state index contributed by atoms with van der Waals surface area (Å²) in [4.78, 5) is 0. The van der Waals surface area contributed by atoms with Crippen molar-refractivity contribution in [2.75, 3.05) is 0 Å². The number of aryl methyl sites for hydroxylation is 1. The number of aromatic nitrogens is 1. The highest BCUT2D eigenvalue weighted by Crippen LogP contribution is 2.44. The van der Waals surface area contributed by atoms with Gasteiger partial charge in [-0.1, -0.05) is 40.0 Å². The zero-order valence-electron chi connectivity index (χ0n) is 14.3. The summed E-state index contributed by atoms with van der Waals surface area (Å²) in [5, 5.41) is 0. The van der Waals surface area contributed by atoms with Gasteiger partial charge in [-0.25, -0.2) is 0 Å². The molecule has 0 radical (unpaired) electrons. The van der Waals surface area contributed by atoms with E-state index in [-0.39, 0.29) is 6.04 Å². The van der Waals surface area contributed by atoms with Crippen molar-refractivity contribution in [1.82, 2.24) is 4.57 Å². The van der Waals surface area contributed by atoms with Crippen LogP contribution in [0.1, 0.15) is 88.3 Å². The second-order valence-electron chi connectivity index (χ2n) is 8.39. The molecule has 1 aromatic heterocycles. The van der Waals surface area contributed by atoms with Gasteiger partial charge in [0.15, 0.2) is 0 Å². The molecule has 2 nitrogen and oxygen atoms in total. The van der Waals surface area contributed by atoms with Crippen LogP contribution in [-0.4, -0.2) is 4.57 Å². The van der Waals surface area contributed by atoms with E-state index in [9.17, 15) is 0 Å². The molecule has 1 heterocycles. The van der Waals surface area contributed by atoms with Crippen molar-refractivity contribution < 1.29 is 0 Å². The molecule has 2 heteroatoms. The Morgan fingerprint density at radius 1 is 1.19 bits per heavy atom. The first-order chi connectivity index (χ1) is 9.89. The average Bonchev–Trinajstić information content (AvgIpc) is 2.56. The van der Waals surface area contributed by atoms with Crippen LogP contribution in [0, 0.1) is 18.3 Å². The van der Waals surface area contributed by atoms with Gasteiger partial charge in [0.05, 0.1) is 0 Å². The predicted molar refractivity (Wildman–Crippen MR) is 89.5 cm³/mol. The van der Waals surface area contributed by atoms with E-state index in [2.05, 4.69) is 38.3 Å². The minimum absolute atomic E-state index is 0.227. The molecule has 2 aliphatic rings. The van der Waals surface area contributed by atoms with Gasteiger partial charge in [0.1, 0.15) is 0 Å². The van der Waals surface area contributed by atoms with Crippen LogP contribution < -0.4 is 5.73 Å². The molecule has 0 saturated heterocycles. The van der Waals surface area contributed by atoms with Crippen molar-refractivity contribution in [3.05, 3.63) is 23.0 Å². The Morgan fingerprint density at radius 2 is 1.90 bits per heavy atom. The van der Waals surface area contributed by atoms with E-state index < -0.39 is 0 Å². The number of nitrogens with zero attached hydrogens (tertiary/aromatic N) is 1. The molecule has 1 aromatic rings. The van der Waals surface area contributed by atoms with Gasteiger partial charge in [0.2, 0.25) is 0 Å². The van der Waals surface area contributed by atoms with Gasteiger partial charge in [-0.15, -0.1) is 0 Å². The minimum atomic E-state index is 0.227. The van der Waals surface area contributed by atoms with Gasteiger partial charge in [-0.3, -0.25) is 0 Å². The first-order valence-electron chi connectivity index (χ1n) is 8.85. The van der Waals surface area contributed by atoms with Crippen LogP contribution in [0.5, 0.6) is 0 Å². The molecule has 0 bridgehead atoms. The summed E-state index contributed by atoms with van der Waals surface area (Å²) >= 11 is 0. The summed E-state index contributed by atoms with van der Waals surface area (Å²) in [6, 6.07) is 3.30. The van der Waals surface area contributed by atoms with Crippen molar-refractivity contribution >= 4 is 0 Å². The summed E-state index contributed by atoms with van der Waals surface area (Å²) in [5.41, 5.74) is 11.2. The molecule has 0 spiro atoms. The van der Waals surface area contributed by atoms with E-state index in [1.807, 2.05) is 0 Å². The number of fused-ring (bicyclic) bond motifs is 1. The summed E-state index contributed by atoms with van der Waals surface area (Å²) in [6.45, 7) is 9.49. The van der Waals surface area contributed by atoms with Crippen LogP contribution in [0.25, 0.3) is 0 Å². The number of rotatable bonds is 1. The third kappa shape index (κ3) is 2.79. The first-order valence-corrected chi connectivity index (χ1v) is 8.85. The lowest BCUT2D eigenvalue weighted by molar-refractivity contribution is 0.257. The molecule has 0 aromatic carbocycles. The Kier molecular flexibility index (Phi) is 3.94. The molecule has 3 unspecified atom stereocenters. The smallest absolute Gasteiger partial charge is 0.0361 e. The maximum Gasteiger partial charge on any atom is 0.0361 e. The third-order valence-electron chi connectivity index (χ3n) is 5.83. The third-order valence-corrected chi connectivity index (χ3v) is 5.83. The van der Waals surface area contributed by atoms with Crippen molar-refractivity contribution in [2.24, 2.45) is 17.1 Å². The Bertz CT molecular complexity index is 512. The minimum Gasteiger partial charge on any atom is -0.345 e. The number of hydrogen-bond donors (Lipinski definition) is 1. The SMILES string of the molecule is Cc1cc2c(n1C1CCCCCC1C)CC(C)(C)CC2N. The van der Waals surface area contributed by atoms with Crippen LogP contribution in [0.2, 0.25) is 0 Å². The van der Waals surface area contributed by atoms with Crippen molar-refractivity contribution in [3.63, 3.8) is 0 Å². The van der Waals surface area contributed by atoms with E-state index in [4.69, 9.17) is 5.73 Å². The molecule has 21 heavy (non-hydrogen) atoms. The molecule has 1 saturated carbocycles. The molecular weight excluding hydrogens is 256 g/mol. The lowest BCUT2D eigenvalue weighted by atomic mass is 9.74. The van der Waals surface area contributed by atoms with E-state index >= 15 is 0 Å². The summed E-state index contributed by atoms with van der Waals surface area (Å²) in [6.07, 6.45) is 9.23. The Morgan fingerprint density at radius 3 is 2.67 bits per heavy atom. The molecule has 2 aliphatic carbocycles. The Hall–Kier alpha value is -0.760. The molecule has 118 valence electrons. The van der Waals surface area contributed by atoms with Crippen LogP contribution in [0.4, 0.5) is 0 Å². The lowest BCUT2D eigenvalue weighted by Crippen LogP contribution is -2.32. The lowest BCUT2D eigenvalue weighted by Gasteiger charge is -2.37. The predicted octanol–water partition coefficient (Wildman–Crippen LogP) is 4.91. The van der Waals surface area contributed by atoms with Crippen molar-refractivity contribution in [1.29, 1.82) is 0 Å². The molecule has 0 aliphatic heterocycles. The Balaban J connectivity index is 2.03. The van der Waals surface area contributed by atoms with Crippen molar-refractivity contribution in [2.45, 2.75) is 84.7 Å². The maximum absolute atomic E-state index is 6.49. The van der Waals surface area contributed by atoms with Gasteiger partial charge >= 0.3 is 0 Å². The van der Waals surface area contributed by atoms with E-state index in [0.29, 0.717) is 11.5 Å². The molecular formula is C19H32N2. The second-order valence-corrected chi connectivity index (χ2v) is 8.39. The van der Waals surface area contributed by atoms with Crippen LogP contribution in [0.3, 0.4) is 0 Å². The Labute approximate surface area is 130 Å². The fraction of sp³-hybridized carbons (Fsp3) is 0.789. The van der Waals surface area contributed by atoms with E-state index in [1.54, 1.807) is 5.69 Å². The van der Waals surface area contributed by atoms with Crippen LogP contribution in [-0.2, 0) is 6.42 Å². The van der Waals surface area contributed by atoms with Gasteiger partial charge in [-0.05, 0) is 55.6 Å². The van der Waals surface area contributed by atoms with E-state index in [1.165, 1.54) is 49.8 Å². The van der Waals surface area contributed by atoms with Crippen molar-refractivity contribution in [3.8, 4) is 0 Å². The molecule has 3 atom stereocenters. The highest BCUT2D eigenvalue weighted by molar-refractivity contribution is 5.34. The molecule has 3 rings (SSSR count). The largest absolute Gasteiger partial charge is 0.345 e. The highest BCUT2D eigenvalue weighted by atomic mass is 15.0. The average molecular weight is 288 g/mol. The monoisotopic (exact) mass is 288 g/mol.